The number of carbonyl (C=O) groups excluding carboxylic acids is 1. The van der Waals surface area contributed by atoms with Crippen LogP contribution in [0.4, 0.5) is 23.7 Å². The summed E-state index contributed by atoms with van der Waals surface area (Å²) in [7, 11) is 0. The van der Waals surface area contributed by atoms with Gasteiger partial charge in [-0.25, -0.2) is 4.79 Å². The monoisotopic (exact) mass is 287 g/mol. The number of halogens is 3. The van der Waals surface area contributed by atoms with Gasteiger partial charge in [0.05, 0.1) is 11.3 Å². The third-order valence-electron chi connectivity index (χ3n) is 3.38. The van der Waals surface area contributed by atoms with Crippen molar-refractivity contribution in [2.75, 3.05) is 25.0 Å². The standard InChI is InChI=1S/C13H16F3N3O/c14-13(15,16)10-3-1-2-4-11(10)18-12(20)19-6-5-9(7-17)8-19/h1-4,9H,5-8,17H2,(H,18,20). The Morgan fingerprint density at radius 1 is 1.40 bits per heavy atom. The number of anilines is 1. The maximum atomic E-state index is 12.8. The molecule has 1 atom stereocenters. The fraction of sp³-hybridized carbons (Fsp3) is 0.462. The van der Waals surface area contributed by atoms with Crippen LogP contribution in [0.1, 0.15) is 12.0 Å². The Hall–Kier alpha value is -1.76. The Labute approximate surface area is 114 Å². The molecule has 2 rings (SSSR count). The molecule has 0 radical (unpaired) electrons. The third-order valence-corrected chi connectivity index (χ3v) is 3.38. The van der Waals surface area contributed by atoms with Crippen molar-refractivity contribution in [3.8, 4) is 0 Å². The summed E-state index contributed by atoms with van der Waals surface area (Å²) in [5.41, 5.74) is 4.46. The van der Waals surface area contributed by atoms with Crippen LogP contribution < -0.4 is 11.1 Å². The molecule has 4 nitrogen and oxygen atoms in total. The molecule has 20 heavy (non-hydrogen) atoms. The van der Waals surface area contributed by atoms with Gasteiger partial charge in [-0.3, -0.25) is 0 Å². The summed E-state index contributed by atoms with van der Waals surface area (Å²) in [4.78, 5) is 13.5. The minimum Gasteiger partial charge on any atom is -0.330 e. The molecule has 1 aromatic carbocycles. The number of rotatable bonds is 2. The van der Waals surface area contributed by atoms with Crippen LogP contribution in [-0.2, 0) is 6.18 Å². The zero-order chi connectivity index (χ0) is 14.8. The molecule has 1 aromatic rings. The van der Waals surface area contributed by atoms with Crippen molar-refractivity contribution in [2.24, 2.45) is 11.7 Å². The summed E-state index contributed by atoms with van der Waals surface area (Å²) >= 11 is 0. The number of nitrogens with two attached hydrogens (primary N) is 1. The minimum atomic E-state index is -4.49. The molecule has 1 fully saturated rings. The Bertz CT molecular complexity index is 490. The van der Waals surface area contributed by atoms with Crippen LogP contribution in [0.3, 0.4) is 0 Å². The van der Waals surface area contributed by atoms with Crippen molar-refractivity contribution >= 4 is 11.7 Å². The average Bonchev–Trinajstić information content (AvgIpc) is 2.87. The fourth-order valence-corrected chi connectivity index (χ4v) is 2.24. The van der Waals surface area contributed by atoms with Gasteiger partial charge < -0.3 is 16.0 Å². The van der Waals surface area contributed by atoms with Crippen LogP contribution in [0.25, 0.3) is 0 Å². The van der Waals surface area contributed by atoms with Gasteiger partial charge in [0.25, 0.3) is 0 Å². The van der Waals surface area contributed by atoms with E-state index >= 15 is 0 Å². The molecule has 1 aliphatic rings. The number of carbonyl (C=O) groups is 1. The number of benzene rings is 1. The van der Waals surface area contributed by atoms with E-state index in [1.165, 1.54) is 23.1 Å². The van der Waals surface area contributed by atoms with Gasteiger partial charge in [0, 0.05) is 13.1 Å². The quantitative estimate of drug-likeness (QED) is 0.878. The van der Waals surface area contributed by atoms with Gasteiger partial charge in [-0.15, -0.1) is 0 Å². The number of urea groups is 1. The Balaban J connectivity index is 2.09. The largest absolute Gasteiger partial charge is 0.418 e. The van der Waals surface area contributed by atoms with E-state index in [1.54, 1.807) is 0 Å². The van der Waals surface area contributed by atoms with E-state index in [9.17, 15) is 18.0 Å². The third kappa shape index (κ3) is 3.22. The summed E-state index contributed by atoms with van der Waals surface area (Å²) in [6.45, 7) is 1.47. The summed E-state index contributed by atoms with van der Waals surface area (Å²) in [6.07, 6.45) is -3.71. The SMILES string of the molecule is NCC1CCN(C(=O)Nc2ccccc2C(F)(F)F)C1. The van der Waals surface area contributed by atoms with Gasteiger partial charge >= 0.3 is 12.2 Å². The van der Waals surface area contributed by atoms with Crippen LogP contribution in [0, 0.1) is 5.92 Å². The molecule has 1 unspecified atom stereocenters. The zero-order valence-electron chi connectivity index (χ0n) is 10.8. The molecule has 0 bridgehead atoms. The number of nitrogens with one attached hydrogen (secondary N) is 1. The first-order valence-electron chi connectivity index (χ1n) is 6.34. The minimum absolute atomic E-state index is 0.221. The summed E-state index contributed by atoms with van der Waals surface area (Å²) < 4.78 is 38.4. The Kier molecular flexibility index (Phi) is 4.17. The number of hydrogen-bond acceptors (Lipinski definition) is 2. The highest BCUT2D eigenvalue weighted by molar-refractivity contribution is 5.90. The number of para-hydroxylation sites is 1. The van der Waals surface area contributed by atoms with Crippen LogP contribution >= 0.6 is 0 Å². The fourth-order valence-electron chi connectivity index (χ4n) is 2.24. The van der Waals surface area contributed by atoms with Gasteiger partial charge in [0.15, 0.2) is 0 Å². The topological polar surface area (TPSA) is 58.4 Å². The van der Waals surface area contributed by atoms with E-state index in [1.807, 2.05) is 0 Å². The van der Waals surface area contributed by atoms with E-state index in [2.05, 4.69) is 5.32 Å². The molecular formula is C13H16F3N3O. The molecule has 0 spiro atoms. The Morgan fingerprint density at radius 3 is 2.70 bits per heavy atom. The molecule has 2 amide bonds. The highest BCUT2D eigenvalue weighted by atomic mass is 19.4. The lowest BCUT2D eigenvalue weighted by Crippen LogP contribution is -2.34. The predicted molar refractivity (Wildman–Crippen MR) is 69.2 cm³/mol. The number of nitrogens with zero attached hydrogens (tertiary/aromatic N) is 1. The van der Waals surface area contributed by atoms with Gasteiger partial charge in [-0.2, -0.15) is 13.2 Å². The van der Waals surface area contributed by atoms with Crippen molar-refractivity contribution < 1.29 is 18.0 Å². The number of amides is 2. The molecule has 7 heteroatoms. The first-order chi connectivity index (χ1) is 9.41. The first-order valence-corrected chi connectivity index (χ1v) is 6.34. The lowest BCUT2D eigenvalue weighted by Gasteiger charge is -2.19. The van der Waals surface area contributed by atoms with Crippen LogP contribution in [0.15, 0.2) is 24.3 Å². The van der Waals surface area contributed by atoms with E-state index in [0.29, 0.717) is 19.6 Å². The molecule has 0 aromatic heterocycles. The summed E-state index contributed by atoms with van der Waals surface area (Å²) in [5, 5.41) is 2.33. The normalized spacial score (nSPS) is 19.2. The van der Waals surface area contributed by atoms with E-state index in [-0.39, 0.29) is 11.6 Å². The Morgan fingerprint density at radius 2 is 2.10 bits per heavy atom. The van der Waals surface area contributed by atoms with Gasteiger partial charge in [-0.1, -0.05) is 12.1 Å². The van der Waals surface area contributed by atoms with E-state index < -0.39 is 17.8 Å². The van der Waals surface area contributed by atoms with Gasteiger partial charge in [-0.05, 0) is 31.0 Å². The molecule has 0 aliphatic carbocycles. The molecule has 1 aliphatic heterocycles. The molecule has 1 heterocycles. The van der Waals surface area contributed by atoms with Gasteiger partial charge in [0.2, 0.25) is 0 Å². The van der Waals surface area contributed by atoms with Crippen molar-refractivity contribution in [1.82, 2.24) is 4.90 Å². The highest BCUT2D eigenvalue weighted by Crippen LogP contribution is 2.34. The van der Waals surface area contributed by atoms with Crippen molar-refractivity contribution in [1.29, 1.82) is 0 Å². The second kappa shape index (κ2) is 5.70. The maximum Gasteiger partial charge on any atom is 0.418 e. The average molecular weight is 287 g/mol. The van der Waals surface area contributed by atoms with Crippen LogP contribution in [-0.4, -0.2) is 30.6 Å². The van der Waals surface area contributed by atoms with Crippen molar-refractivity contribution in [3.05, 3.63) is 29.8 Å². The number of hydrogen-bond donors (Lipinski definition) is 2. The second-order valence-electron chi connectivity index (χ2n) is 4.81. The number of likely N-dealkylation sites (tertiary alicyclic amines) is 1. The molecular weight excluding hydrogens is 271 g/mol. The molecule has 3 N–H and O–H groups in total. The highest BCUT2D eigenvalue weighted by Gasteiger charge is 2.34. The van der Waals surface area contributed by atoms with Crippen molar-refractivity contribution in [2.45, 2.75) is 12.6 Å². The van der Waals surface area contributed by atoms with Crippen LogP contribution in [0.5, 0.6) is 0 Å². The number of alkyl halides is 3. The molecule has 1 saturated heterocycles. The lowest BCUT2D eigenvalue weighted by molar-refractivity contribution is -0.136. The predicted octanol–water partition coefficient (Wildman–Crippen LogP) is 2.52. The van der Waals surface area contributed by atoms with Crippen LogP contribution in [0.2, 0.25) is 0 Å². The lowest BCUT2D eigenvalue weighted by atomic mass is 10.1. The van der Waals surface area contributed by atoms with Gasteiger partial charge in [0.1, 0.15) is 0 Å². The summed E-state index contributed by atoms with van der Waals surface area (Å²) in [5.74, 6) is 0.221. The molecule has 110 valence electrons. The maximum absolute atomic E-state index is 12.8. The van der Waals surface area contributed by atoms with E-state index in [4.69, 9.17) is 5.73 Å². The molecule has 0 saturated carbocycles. The van der Waals surface area contributed by atoms with Crippen molar-refractivity contribution in [3.63, 3.8) is 0 Å². The zero-order valence-corrected chi connectivity index (χ0v) is 10.8. The summed E-state index contributed by atoms with van der Waals surface area (Å²) in [6, 6.07) is 4.42. The first kappa shape index (κ1) is 14.6. The second-order valence-corrected chi connectivity index (χ2v) is 4.81. The van der Waals surface area contributed by atoms with E-state index in [0.717, 1.165) is 12.5 Å². The smallest absolute Gasteiger partial charge is 0.330 e.